The van der Waals surface area contributed by atoms with E-state index >= 15 is 0 Å². The van der Waals surface area contributed by atoms with E-state index in [0.717, 1.165) is 6.26 Å². The number of sulfonamides is 1. The van der Waals surface area contributed by atoms with Crippen LogP contribution < -0.4 is 14.8 Å². The molecule has 11 heteroatoms. The van der Waals surface area contributed by atoms with Crippen LogP contribution in [0.3, 0.4) is 0 Å². The average Bonchev–Trinajstić information content (AvgIpc) is 2.71. The molecule has 1 aliphatic rings. The molecule has 0 aliphatic carbocycles. The smallest absolute Gasteiger partial charge is 0.317 e. The molecule has 1 aromatic carbocycles. The van der Waals surface area contributed by atoms with Gasteiger partial charge in [-0.15, -0.1) is 0 Å². The summed E-state index contributed by atoms with van der Waals surface area (Å²) in [5.74, 6) is -0.0775. The summed E-state index contributed by atoms with van der Waals surface area (Å²) in [5, 5.41) is 2.93. The quantitative estimate of drug-likeness (QED) is 0.675. The van der Waals surface area contributed by atoms with Gasteiger partial charge in [-0.3, -0.25) is 9.52 Å². The normalized spacial score (nSPS) is 22.7. The lowest BCUT2D eigenvalue weighted by Gasteiger charge is -2.36. The Labute approximate surface area is 196 Å². The van der Waals surface area contributed by atoms with Gasteiger partial charge >= 0.3 is 6.03 Å². The third-order valence-electron chi connectivity index (χ3n) is 5.42. The predicted octanol–water partition coefficient (Wildman–Crippen LogP) is 1.98. The number of nitrogens with one attached hydrogen (secondary N) is 2. The lowest BCUT2D eigenvalue weighted by molar-refractivity contribution is 0.0165. The van der Waals surface area contributed by atoms with E-state index in [-0.39, 0.29) is 60.4 Å². The van der Waals surface area contributed by atoms with E-state index in [1.807, 2.05) is 27.7 Å². The van der Waals surface area contributed by atoms with Gasteiger partial charge in [0.05, 0.1) is 24.0 Å². The molecule has 1 heterocycles. The molecule has 0 radical (unpaired) electrons. The first-order valence-corrected chi connectivity index (χ1v) is 12.8. The van der Waals surface area contributed by atoms with Crippen LogP contribution in [0, 0.1) is 5.92 Å². The molecule has 186 valence electrons. The molecule has 0 saturated heterocycles. The Morgan fingerprint density at radius 3 is 2.48 bits per heavy atom. The molecule has 3 amide bonds. The Bertz CT molecular complexity index is 952. The minimum Gasteiger partial charge on any atom is -0.491 e. The van der Waals surface area contributed by atoms with Crippen LogP contribution in [0.4, 0.5) is 10.5 Å². The number of hydrogen-bond donors (Lipinski definition) is 2. The van der Waals surface area contributed by atoms with Crippen molar-refractivity contribution in [3.8, 4) is 5.75 Å². The van der Waals surface area contributed by atoms with Gasteiger partial charge in [0.2, 0.25) is 10.0 Å². The lowest BCUT2D eigenvalue weighted by atomic mass is 10.0. The van der Waals surface area contributed by atoms with Gasteiger partial charge in [0.1, 0.15) is 12.4 Å². The number of hydrogen-bond acceptors (Lipinski definition) is 6. The number of amides is 3. The molecule has 2 N–H and O–H groups in total. The number of methoxy groups -OCH3 is 1. The fourth-order valence-electron chi connectivity index (χ4n) is 3.67. The summed E-state index contributed by atoms with van der Waals surface area (Å²) in [6, 6.07) is 4.04. The van der Waals surface area contributed by atoms with Gasteiger partial charge in [0, 0.05) is 44.9 Å². The first-order chi connectivity index (χ1) is 15.3. The Kier molecular flexibility index (Phi) is 8.96. The van der Waals surface area contributed by atoms with Crippen molar-refractivity contribution < 1.29 is 27.5 Å². The Balaban J connectivity index is 2.47. The van der Waals surface area contributed by atoms with Gasteiger partial charge in [-0.1, -0.05) is 6.92 Å². The van der Waals surface area contributed by atoms with Crippen LogP contribution in [0.2, 0.25) is 0 Å². The largest absolute Gasteiger partial charge is 0.491 e. The van der Waals surface area contributed by atoms with Crippen LogP contribution >= 0.6 is 0 Å². The van der Waals surface area contributed by atoms with E-state index in [1.54, 1.807) is 25.1 Å². The molecule has 0 saturated carbocycles. The zero-order chi connectivity index (χ0) is 24.9. The number of benzene rings is 1. The average molecular weight is 485 g/mol. The summed E-state index contributed by atoms with van der Waals surface area (Å²) in [4.78, 5) is 29.4. The van der Waals surface area contributed by atoms with Gasteiger partial charge in [-0.25, -0.2) is 13.2 Å². The molecule has 0 bridgehead atoms. The second kappa shape index (κ2) is 11.1. The summed E-state index contributed by atoms with van der Waals surface area (Å²) < 4.78 is 37.4. The molecule has 2 rings (SSSR count). The SMILES string of the molecule is CO[C@@H]1CN(C)C(=O)c2cc(NS(C)(=O)=O)ccc2OC[C@@H](C)N(C(=O)NC(C)C)C[C@@H]1C. The number of rotatable bonds is 4. The van der Waals surface area contributed by atoms with E-state index in [4.69, 9.17) is 9.47 Å². The van der Waals surface area contributed by atoms with E-state index in [9.17, 15) is 18.0 Å². The molecule has 0 aromatic heterocycles. The van der Waals surface area contributed by atoms with Crippen LogP contribution in [0.25, 0.3) is 0 Å². The number of anilines is 1. The summed E-state index contributed by atoms with van der Waals surface area (Å²) in [5.41, 5.74) is 0.482. The zero-order valence-electron chi connectivity index (χ0n) is 20.4. The Morgan fingerprint density at radius 2 is 1.91 bits per heavy atom. The molecule has 0 unspecified atom stereocenters. The van der Waals surface area contributed by atoms with Crippen molar-refractivity contribution in [2.45, 2.75) is 45.9 Å². The number of fused-ring (bicyclic) bond motifs is 1. The van der Waals surface area contributed by atoms with Crippen molar-refractivity contribution in [3.63, 3.8) is 0 Å². The molecule has 0 fully saturated rings. The molecule has 10 nitrogen and oxygen atoms in total. The number of urea groups is 1. The maximum Gasteiger partial charge on any atom is 0.317 e. The second-order valence-corrected chi connectivity index (χ2v) is 10.7. The number of nitrogens with zero attached hydrogens (tertiary/aromatic N) is 2. The second-order valence-electron chi connectivity index (χ2n) is 8.94. The summed E-state index contributed by atoms with van der Waals surface area (Å²) in [7, 11) is -0.283. The first kappa shape index (κ1) is 26.7. The fraction of sp³-hybridized carbons (Fsp3) is 0.636. The molecule has 1 aliphatic heterocycles. The number of likely N-dealkylation sites (N-methyl/N-ethyl adjacent to an activating group) is 1. The third kappa shape index (κ3) is 7.50. The van der Waals surface area contributed by atoms with E-state index in [0.29, 0.717) is 12.3 Å². The summed E-state index contributed by atoms with van der Waals surface area (Å²) in [6.45, 7) is 8.52. The van der Waals surface area contributed by atoms with Crippen molar-refractivity contribution in [3.05, 3.63) is 23.8 Å². The minimum atomic E-state index is -3.52. The van der Waals surface area contributed by atoms with Crippen molar-refractivity contribution in [1.29, 1.82) is 0 Å². The first-order valence-electron chi connectivity index (χ1n) is 10.9. The maximum atomic E-state index is 13.3. The highest BCUT2D eigenvalue weighted by molar-refractivity contribution is 7.92. The van der Waals surface area contributed by atoms with Crippen LogP contribution in [0.5, 0.6) is 5.75 Å². The van der Waals surface area contributed by atoms with E-state index in [1.165, 1.54) is 17.0 Å². The predicted molar refractivity (Wildman–Crippen MR) is 127 cm³/mol. The topological polar surface area (TPSA) is 117 Å². The van der Waals surface area contributed by atoms with Crippen molar-refractivity contribution >= 4 is 27.6 Å². The third-order valence-corrected chi connectivity index (χ3v) is 6.03. The highest BCUT2D eigenvalue weighted by Gasteiger charge is 2.30. The molecule has 0 spiro atoms. The van der Waals surface area contributed by atoms with Crippen molar-refractivity contribution in [2.24, 2.45) is 5.92 Å². The Hall–Kier alpha value is -2.53. The monoisotopic (exact) mass is 484 g/mol. The van der Waals surface area contributed by atoms with Crippen molar-refractivity contribution in [2.75, 3.05) is 44.8 Å². The van der Waals surface area contributed by atoms with Crippen LogP contribution in [-0.2, 0) is 14.8 Å². The van der Waals surface area contributed by atoms with Crippen LogP contribution in [0.15, 0.2) is 18.2 Å². The van der Waals surface area contributed by atoms with Gasteiger partial charge in [-0.2, -0.15) is 0 Å². The molecule has 1 aromatic rings. The fourth-order valence-corrected chi connectivity index (χ4v) is 4.22. The molecular formula is C22H36N4O6S. The van der Waals surface area contributed by atoms with Crippen LogP contribution in [0.1, 0.15) is 38.1 Å². The molecular weight excluding hydrogens is 448 g/mol. The highest BCUT2D eigenvalue weighted by atomic mass is 32.2. The maximum absolute atomic E-state index is 13.3. The van der Waals surface area contributed by atoms with Crippen LogP contribution in [-0.4, -0.2) is 88.5 Å². The number of ether oxygens (including phenoxy) is 2. The molecule has 33 heavy (non-hydrogen) atoms. The number of carbonyl (C=O) groups excluding carboxylic acids is 2. The highest BCUT2D eigenvalue weighted by Crippen LogP contribution is 2.26. The van der Waals surface area contributed by atoms with Gasteiger partial charge in [0.15, 0.2) is 0 Å². The van der Waals surface area contributed by atoms with Crippen molar-refractivity contribution in [1.82, 2.24) is 15.1 Å². The standard InChI is InChI=1S/C22H36N4O6S/c1-14(2)23-22(28)26-11-15(3)20(31-6)12-25(5)21(27)18-10-17(24-33(7,29)30)8-9-19(18)32-13-16(26)4/h8-10,14-16,20,24H,11-13H2,1-7H3,(H,23,28)/t15-,16+,20+/m0/s1. The van der Waals surface area contributed by atoms with E-state index in [2.05, 4.69) is 10.0 Å². The lowest BCUT2D eigenvalue weighted by Crippen LogP contribution is -2.52. The van der Waals surface area contributed by atoms with E-state index < -0.39 is 10.0 Å². The molecule has 3 atom stereocenters. The van der Waals surface area contributed by atoms with Gasteiger partial charge in [0.25, 0.3) is 5.91 Å². The number of carbonyl (C=O) groups is 2. The zero-order valence-corrected chi connectivity index (χ0v) is 21.2. The Morgan fingerprint density at radius 1 is 1.24 bits per heavy atom. The minimum absolute atomic E-state index is 0.0224. The summed E-state index contributed by atoms with van der Waals surface area (Å²) in [6.07, 6.45) is 0.724. The van der Waals surface area contributed by atoms with Gasteiger partial charge in [-0.05, 0) is 39.0 Å². The summed E-state index contributed by atoms with van der Waals surface area (Å²) >= 11 is 0. The van der Waals surface area contributed by atoms with Gasteiger partial charge < -0.3 is 24.6 Å².